The molecule has 0 radical (unpaired) electrons. The maximum absolute atomic E-state index is 13.0. The van der Waals surface area contributed by atoms with E-state index in [0.29, 0.717) is 5.69 Å². The number of hydrogen-bond acceptors (Lipinski definition) is 3. The van der Waals surface area contributed by atoms with Gasteiger partial charge in [0.25, 0.3) is 0 Å². The molecule has 0 saturated carbocycles. The van der Waals surface area contributed by atoms with Crippen molar-refractivity contribution in [3.05, 3.63) is 44.6 Å². The van der Waals surface area contributed by atoms with Crippen LogP contribution in [-0.2, 0) is 0 Å². The zero-order valence-corrected chi connectivity index (χ0v) is 11.2. The summed E-state index contributed by atoms with van der Waals surface area (Å²) in [5.41, 5.74) is 0.525. The second-order valence-corrected chi connectivity index (χ2v) is 5.22. The largest absolute Gasteiger partial charge is 0.374 e. The molecule has 2 nitrogen and oxygen atoms in total. The number of benzene rings is 1. The van der Waals surface area contributed by atoms with Gasteiger partial charge < -0.3 is 5.32 Å². The average Bonchev–Trinajstić information content (AvgIpc) is 2.76. The first-order valence-electron chi connectivity index (χ1n) is 4.88. The van der Waals surface area contributed by atoms with E-state index in [4.69, 9.17) is 23.2 Å². The lowest BCUT2D eigenvalue weighted by Gasteiger charge is -2.15. The van der Waals surface area contributed by atoms with Gasteiger partial charge in [-0.2, -0.15) is 0 Å². The Kier molecular flexibility index (Phi) is 3.86. The van der Waals surface area contributed by atoms with Crippen molar-refractivity contribution in [1.29, 1.82) is 0 Å². The van der Waals surface area contributed by atoms with Gasteiger partial charge in [-0.25, -0.2) is 9.37 Å². The molecule has 2 rings (SSSR count). The molecule has 1 N–H and O–H groups in total. The molecule has 0 fully saturated rings. The SMILES string of the molecule is CC(Nc1c(Cl)cc(F)cc1Cl)c1nccs1. The van der Waals surface area contributed by atoms with Crippen molar-refractivity contribution in [2.45, 2.75) is 13.0 Å². The standard InChI is InChI=1S/C11H9Cl2FN2S/c1-6(11-15-2-3-17-11)16-10-8(12)4-7(14)5-9(10)13/h2-6,16H,1H3. The molecule has 1 heterocycles. The van der Waals surface area contributed by atoms with Gasteiger partial charge in [0.2, 0.25) is 0 Å². The van der Waals surface area contributed by atoms with Crippen LogP contribution in [0.1, 0.15) is 18.0 Å². The predicted octanol–water partition coefficient (Wildman–Crippen LogP) is 4.76. The average molecular weight is 291 g/mol. The molecule has 0 aliphatic heterocycles. The summed E-state index contributed by atoms with van der Waals surface area (Å²) in [6.45, 7) is 1.94. The third kappa shape index (κ3) is 2.89. The summed E-state index contributed by atoms with van der Waals surface area (Å²) in [6.07, 6.45) is 1.73. The molecule has 0 amide bonds. The van der Waals surface area contributed by atoms with Crippen LogP contribution < -0.4 is 5.32 Å². The molecular weight excluding hydrogens is 282 g/mol. The van der Waals surface area contributed by atoms with E-state index in [-0.39, 0.29) is 16.1 Å². The van der Waals surface area contributed by atoms with Gasteiger partial charge in [-0.1, -0.05) is 23.2 Å². The number of nitrogens with one attached hydrogen (secondary N) is 1. The molecule has 1 unspecified atom stereocenters. The lowest BCUT2D eigenvalue weighted by molar-refractivity contribution is 0.628. The van der Waals surface area contributed by atoms with Crippen molar-refractivity contribution >= 4 is 40.2 Å². The molecule has 0 spiro atoms. The highest BCUT2D eigenvalue weighted by molar-refractivity contribution is 7.09. The van der Waals surface area contributed by atoms with Gasteiger partial charge in [-0.3, -0.25) is 0 Å². The van der Waals surface area contributed by atoms with E-state index in [1.807, 2.05) is 12.3 Å². The minimum Gasteiger partial charge on any atom is -0.374 e. The number of rotatable bonds is 3. The summed E-state index contributed by atoms with van der Waals surface area (Å²) in [4.78, 5) is 4.18. The number of hydrogen-bond donors (Lipinski definition) is 1. The lowest BCUT2D eigenvalue weighted by atomic mass is 10.2. The second kappa shape index (κ2) is 5.21. The minimum atomic E-state index is -0.451. The highest BCUT2D eigenvalue weighted by Gasteiger charge is 2.13. The summed E-state index contributed by atoms with van der Waals surface area (Å²) in [6, 6.07) is 2.42. The molecule has 1 aromatic heterocycles. The van der Waals surface area contributed by atoms with Gasteiger partial charge >= 0.3 is 0 Å². The highest BCUT2D eigenvalue weighted by Crippen LogP contribution is 2.34. The Morgan fingerprint density at radius 2 is 2.00 bits per heavy atom. The van der Waals surface area contributed by atoms with Crippen molar-refractivity contribution in [3.63, 3.8) is 0 Å². The van der Waals surface area contributed by atoms with Crippen LogP contribution >= 0.6 is 34.5 Å². The quantitative estimate of drug-likeness (QED) is 0.881. The number of halogens is 3. The first-order valence-corrected chi connectivity index (χ1v) is 6.52. The predicted molar refractivity (Wildman–Crippen MR) is 70.6 cm³/mol. The van der Waals surface area contributed by atoms with Crippen molar-refractivity contribution in [2.24, 2.45) is 0 Å². The lowest BCUT2D eigenvalue weighted by Crippen LogP contribution is -2.07. The first-order chi connectivity index (χ1) is 8.08. The maximum Gasteiger partial charge on any atom is 0.126 e. The maximum atomic E-state index is 13.0. The van der Waals surface area contributed by atoms with Crippen molar-refractivity contribution in [2.75, 3.05) is 5.32 Å². The van der Waals surface area contributed by atoms with Crippen LogP contribution in [0, 0.1) is 5.82 Å². The van der Waals surface area contributed by atoms with Crippen LogP contribution in [0.4, 0.5) is 10.1 Å². The van der Waals surface area contributed by atoms with E-state index < -0.39 is 5.82 Å². The summed E-state index contributed by atoms with van der Waals surface area (Å²) >= 11 is 13.4. The van der Waals surface area contributed by atoms with Crippen LogP contribution in [-0.4, -0.2) is 4.98 Å². The Balaban J connectivity index is 2.25. The van der Waals surface area contributed by atoms with Crippen LogP contribution in [0.2, 0.25) is 10.0 Å². The molecule has 6 heteroatoms. The van der Waals surface area contributed by atoms with Gasteiger partial charge in [0.15, 0.2) is 0 Å². The summed E-state index contributed by atoms with van der Waals surface area (Å²) < 4.78 is 13.0. The molecular formula is C11H9Cl2FN2S. The minimum absolute atomic E-state index is 0.0320. The van der Waals surface area contributed by atoms with E-state index >= 15 is 0 Å². The molecule has 17 heavy (non-hydrogen) atoms. The smallest absolute Gasteiger partial charge is 0.126 e. The van der Waals surface area contributed by atoms with Gasteiger partial charge in [0, 0.05) is 11.6 Å². The number of nitrogens with zero attached hydrogens (tertiary/aromatic N) is 1. The fourth-order valence-electron chi connectivity index (χ4n) is 1.41. The van der Waals surface area contributed by atoms with Gasteiger partial charge in [-0.15, -0.1) is 11.3 Å². The van der Waals surface area contributed by atoms with Gasteiger partial charge in [0.05, 0.1) is 21.8 Å². The van der Waals surface area contributed by atoms with Crippen molar-refractivity contribution in [3.8, 4) is 0 Å². The zero-order chi connectivity index (χ0) is 12.4. The number of anilines is 1. The molecule has 2 aromatic rings. The Morgan fingerprint density at radius 1 is 1.35 bits per heavy atom. The molecule has 90 valence electrons. The van der Waals surface area contributed by atoms with Crippen LogP contribution in [0.15, 0.2) is 23.7 Å². The Hall–Kier alpha value is -0.840. The van der Waals surface area contributed by atoms with E-state index in [1.165, 1.54) is 23.5 Å². The number of aromatic nitrogens is 1. The third-order valence-corrected chi connectivity index (χ3v) is 3.74. The summed E-state index contributed by atoms with van der Waals surface area (Å²) in [5.74, 6) is -0.451. The molecule has 0 saturated heterocycles. The van der Waals surface area contributed by atoms with E-state index in [9.17, 15) is 4.39 Å². The van der Waals surface area contributed by atoms with E-state index in [2.05, 4.69) is 10.3 Å². The Bertz CT molecular complexity index is 493. The molecule has 1 aromatic carbocycles. The van der Waals surface area contributed by atoms with Crippen molar-refractivity contribution < 1.29 is 4.39 Å². The Labute approximate surface area is 112 Å². The van der Waals surface area contributed by atoms with E-state index in [1.54, 1.807) is 6.20 Å². The van der Waals surface area contributed by atoms with Crippen LogP contribution in [0.5, 0.6) is 0 Å². The monoisotopic (exact) mass is 290 g/mol. The van der Waals surface area contributed by atoms with Crippen molar-refractivity contribution in [1.82, 2.24) is 4.98 Å². The van der Waals surface area contributed by atoms with E-state index in [0.717, 1.165) is 5.01 Å². The molecule has 0 bridgehead atoms. The summed E-state index contributed by atoms with van der Waals surface area (Å²) in [5, 5.41) is 6.46. The summed E-state index contributed by atoms with van der Waals surface area (Å²) in [7, 11) is 0. The number of thiazole rings is 1. The molecule has 1 atom stereocenters. The zero-order valence-electron chi connectivity index (χ0n) is 8.88. The molecule has 0 aliphatic carbocycles. The van der Waals surface area contributed by atoms with Gasteiger partial charge in [-0.05, 0) is 19.1 Å². The molecule has 0 aliphatic rings. The first kappa shape index (κ1) is 12.6. The normalized spacial score (nSPS) is 12.5. The Morgan fingerprint density at radius 3 is 2.53 bits per heavy atom. The second-order valence-electron chi connectivity index (χ2n) is 3.48. The fourth-order valence-corrected chi connectivity index (χ4v) is 2.62. The van der Waals surface area contributed by atoms with Crippen LogP contribution in [0.25, 0.3) is 0 Å². The highest BCUT2D eigenvalue weighted by atomic mass is 35.5. The third-order valence-electron chi connectivity index (χ3n) is 2.19. The topological polar surface area (TPSA) is 24.9 Å². The fraction of sp³-hybridized carbons (Fsp3) is 0.182. The van der Waals surface area contributed by atoms with Gasteiger partial charge in [0.1, 0.15) is 10.8 Å². The van der Waals surface area contributed by atoms with Crippen LogP contribution in [0.3, 0.4) is 0 Å².